The van der Waals surface area contributed by atoms with E-state index in [0.29, 0.717) is 40.5 Å². The van der Waals surface area contributed by atoms with Gasteiger partial charge in [-0.2, -0.15) is 0 Å². The first kappa shape index (κ1) is 24.3. The molecule has 0 radical (unpaired) electrons. The molecule has 2 aromatic heterocycles. The molecule has 0 spiro atoms. The van der Waals surface area contributed by atoms with Gasteiger partial charge in [0.15, 0.2) is 16.6 Å². The first-order chi connectivity index (χ1) is 17.3. The second-order valence-corrected chi connectivity index (χ2v) is 10.3. The molecule has 0 saturated carbocycles. The fourth-order valence-electron chi connectivity index (χ4n) is 4.20. The number of hydrogen-bond acceptors (Lipinski definition) is 6. The Labute approximate surface area is 212 Å². The molecule has 3 heterocycles. The number of aromatic nitrogens is 3. The minimum atomic E-state index is -0.400. The van der Waals surface area contributed by atoms with Crippen LogP contribution in [0.5, 0.6) is 0 Å². The predicted molar refractivity (Wildman–Crippen MR) is 139 cm³/mol. The molecular weight excluding hydrogens is 477 g/mol. The van der Waals surface area contributed by atoms with E-state index in [-0.39, 0.29) is 22.7 Å². The molecule has 0 saturated heterocycles. The molecule has 4 aromatic rings. The van der Waals surface area contributed by atoms with E-state index in [2.05, 4.69) is 13.8 Å². The smallest absolute Gasteiger partial charge is 0.268 e. The number of carbonyl (C=O) groups is 1. The molecule has 184 valence electrons. The van der Waals surface area contributed by atoms with Gasteiger partial charge in [-0.3, -0.25) is 14.2 Å². The number of hydrogen-bond donors (Lipinski definition) is 0. The number of halogens is 1. The van der Waals surface area contributed by atoms with Crippen LogP contribution in [-0.2, 0) is 17.8 Å². The Morgan fingerprint density at radius 3 is 2.56 bits per heavy atom. The third-order valence-corrected chi connectivity index (χ3v) is 7.59. The van der Waals surface area contributed by atoms with Gasteiger partial charge in [0, 0.05) is 17.5 Å². The lowest BCUT2D eigenvalue weighted by atomic mass is 9.91. The third-order valence-electron chi connectivity index (χ3n) is 6.65. The summed E-state index contributed by atoms with van der Waals surface area (Å²) in [6.45, 7) is 6.52. The first-order valence-corrected chi connectivity index (χ1v) is 12.8. The summed E-state index contributed by atoms with van der Waals surface area (Å²) in [5, 5.41) is 0.789. The molecule has 0 unspecified atom stereocenters. The van der Waals surface area contributed by atoms with Crippen LogP contribution in [0.4, 0.5) is 4.39 Å². The molecule has 2 aromatic carbocycles. The van der Waals surface area contributed by atoms with Crippen molar-refractivity contribution in [3.05, 3.63) is 93.2 Å². The third kappa shape index (κ3) is 4.70. The summed E-state index contributed by atoms with van der Waals surface area (Å²) in [6.07, 6.45) is 1.49. The zero-order chi connectivity index (χ0) is 25.4. The Balaban J connectivity index is 1.59. The van der Waals surface area contributed by atoms with Gasteiger partial charge in [0.1, 0.15) is 5.82 Å². The van der Waals surface area contributed by atoms with Crippen LogP contribution in [0.15, 0.2) is 64.5 Å². The van der Waals surface area contributed by atoms with E-state index < -0.39 is 5.82 Å². The fraction of sp³-hybridized carbons (Fsp3) is 0.286. The van der Waals surface area contributed by atoms with Crippen LogP contribution in [0.3, 0.4) is 0 Å². The topological polar surface area (TPSA) is 74.1 Å². The minimum Gasteiger partial charge on any atom is -0.370 e. The normalized spacial score (nSPS) is 17.2. The average Bonchev–Trinajstić information content (AvgIpc) is 2.87. The van der Waals surface area contributed by atoms with Gasteiger partial charge in [-0.05, 0) is 62.7 Å². The number of aryl methyl sites for hydroxylation is 1. The van der Waals surface area contributed by atoms with Crippen molar-refractivity contribution in [3.8, 4) is 5.69 Å². The van der Waals surface area contributed by atoms with E-state index in [1.54, 1.807) is 0 Å². The maximum absolute atomic E-state index is 13.8. The highest BCUT2D eigenvalue weighted by Gasteiger charge is 2.31. The lowest BCUT2D eigenvalue weighted by Crippen LogP contribution is -2.35. The largest absolute Gasteiger partial charge is 0.370 e. The molecular formula is C28H26FN3O3S. The Morgan fingerprint density at radius 1 is 1.14 bits per heavy atom. The molecule has 0 amide bonds. The Morgan fingerprint density at radius 2 is 1.86 bits per heavy atom. The molecule has 0 N–H and O–H groups in total. The molecule has 0 aliphatic carbocycles. The quantitative estimate of drug-likeness (QED) is 0.198. The van der Waals surface area contributed by atoms with Crippen LogP contribution < -0.4 is 5.56 Å². The lowest BCUT2D eigenvalue weighted by Gasteiger charge is -2.33. The molecule has 8 heteroatoms. The van der Waals surface area contributed by atoms with Crippen LogP contribution in [0.1, 0.15) is 47.4 Å². The number of benzene rings is 2. The summed E-state index contributed by atoms with van der Waals surface area (Å²) >= 11 is 1.17. The van der Waals surface area contributed by atoms with Gasteiger partial charge in [-0.1, -0.05) is 36.4 Å². The lowest BCUT2D eigenvalue weighted by molar-refractivity contribution is -0.0573. The number of Topliss-reactive ketones (excluding diaryl/α,β-unsaturated/α-hetero) is 1. The number of carbonyl (C=O) groups excluding carboxylic acids is 1. The van der Waals surface area contributed by atoms with Gasteiger partial charge in [0.25, 0.3) is 5.56 Å². The first-order valence-electron chi connectivity index (χ1n) is 11.8. The van der Waals surface area contributed by atoms with Gasteiger partial charge in [0.05, 0.1) is 34.7 Å². The SMILES string of the molecule is CC[C@@]1(C)Cc2nc3nc(SCC(=O)c4ccc(F)cc4)n(-c4ccc(C)cc4)c(=O)c3cc2CO1. The summed E-state index contributed by atoms with van der Waals surface area (Å²) < 4.78 is 20.9. The van der Waals surface area contributed by atoms with Crippen molar-refractivity contribution in [2.45, 2.75) is 51.0 Å². The number of ketones is 1. The molecule has 36 heavy (non-hydrogen) atoms. The average molecular weight is 504 g/mol. The van der Waals surface area contributed by atoms with Crippen molar-refractivity contribution in [2.24, 2.45) is 0 Å². The maximum atomic E-state index is 13.8. The maximum Gasteiger partial charge on any atom is 0.268 e. The Kier molecular flexibility index (Phi) is 6.49. The monoisotopic (exact) mass is 503 g/mol. The summed E-state index contributed by atoms with van der Waals surface area (Å²) in [7, 11) is 0. The van der Waals surface area contributed by atoms with Crippen LogP contribution in [-0.4, -0.2) is 31.7 Å². The summed E-state index contributed by atoms with van der Waals surface area (Å²) in [4.78, 5) is 36.1. The molecule has 5 rings (SSSR count). The zero-order valence-electron chi connectivity index (χ0n) is 20.4. The van der Waals surface area contributed by atoms with E-state index in [1.165, 1.54) is 40.6 Å². The standard InChI is InChI=1S/C28H26FN3O3S/c1-4-28(3)14-23-19(15-35-28)13-22-25(30-23)31-27(32(26(22)34)21-11-5-17(2)6-12-21)36-16-24(33)18-7-9-20(29)10-8-18/h5-13H,4,14-16H2,1-3H3/t28-/m0/s1. The van der Waals surface area contributed by atoms with Gasteiger partial charge < -0.3 is 4.74 Å². The van der Waals surface area contributed by atoms with E-state index in [4.69, 9.17) is 14.7 Å². The Bertz CT molecular complexity index is 1520. The molecule has 0 fully saturated rings. The van der Waals surface area contributed by atoms with Gasteiger partial charge >= 0.3 is 0 Å². The van der Waals surface area contributed by atoms with Gasteiger partial charge in [-0.15, -0.1) is 0 Å². The second-order valence-electron chi connectivity index (χ2n) is 9.32. The summed E-state index contributed by atoms with van der Waals surface area (Å²) in [6, 6.07) is 14.8. The van der Waals surface area contributed by atoms with Crippen molar-refractivity contribution in [3.63, 3.8) is 0 Å². The number of nitrogens with zero attached hydrogens (tertiary/aromatic N) is 3. The highest BCUT2D eigenvalue weighted by atomic mass is 32.2. The minimum absolute atomic E-state index is 0.0438. The van der Waals surface area contributed by atoms with E-state index in [9.17, 15) is 14.0 Å². The molecule has 1 atom stereocenters. The number of fused-ring (bicyclic) bond motifs is 2. The number of ether oxygens (including phenoxy) is 1. The fourth-order valence-corrected chi connectivity index (χ4v) is 5.10. The van der Waals surface area contributed by atoms with E-state index >= 15 is 0 Å². The van der Waals surface area contributed by atoms with Gasteiger partial charge in [-0.25, -0.2) is 14.4 Å². The van der Waals surface area contributed by atoms with Crippen molar-refractivity contribution in [2.75, 3.05) is 5.75 Å². The highest BCUT2D eigenvalue weighted by molar-refractivity contribution is 7.99. The van der Waals surface area contributed by atoms with Crippen LogP contribution in [0.25, 0.3) is 16.7 Å². The van der Waals surface area contributed by atoms with E-state index in [1.807, 2.05) is 37.3 Å². The number of rotatable bonds is 6. The molecule has 1 aliphatic rings. The van der Waals surface area contributed by atoms with Crippen molar-refractivity contribution >= 4 is 28.6 Å². The van der Waals surface area contributed by atoms with Crippen molar-refractivity contribution in [1.82, 2.24) is 14.5 Å². The van der Waals surface area contributed by atoms with Crippen LogP contribution >= 0.6 is 11.8 Å². The number of pyridine rings is 1. The van der Waals surface area contributed by atoms with Crippen LogP contribution in [0, 0.1) is 12.7 Å². The molecule has 1 aliphatic heterocycles. The predicted octanol–water partition coefficient (Wildman–Crippen LogP) is 5.44. The highest BCUT2D eigenvalue weighted by Crippen LogP contribution is 2.31. The molecule has 0 bridgehead atoms. The summed E-state index contributed by atoms with van der Waals surface area (Å²) in [5.41, 5.74) is 3.71. The molecule has 6 nitrogen and oxygen atoms in total. The van der Waals surface area contributed by atoms with Crippen LogP contribution in [0.2, 0.25) is 0 Å². The van der Waals surface area contributed by atoms with Crippen molar-refractivity contribution in [1.29, 1.82) is 0 Å². The zero-order valence-corrected chi connectivity index (χ0v) is 21.2. The number of thioether (sulfide) groups is 1. The summed E-state index contributed by atoms with van der Waals surface area (Å²) in [5.74, 6) is -0.538. The second kappa shape index (κ2) is 9.59. The van der Waals surface area contributed by atoms with Crippen molar-refractivity contribution < 1.29 is 13.9 Å². The van der Waals surface area contributed by atoms with E-state index in [0.717, 1.165) is 23.2 Å². The van der Waals surface area contributed by atoms with Gasteiger partial charge in [0.2, 0.25) is 0 Å². The Hall–Kier alpha value is -3.36.